The molecular weight excluding hydrogens is 264 g/mol. The Morgan fingerprint density at radius 3 is 1.59 bits per heavy atom. The first-order valence-corrected chi connectivity index (χ1v) is 7.80. The van der Waals surface area contributed by atoms with Crippen LogP contribution in [0.3, 0.4) is 0 Å². The van der Waals surface area contributed by atoms with Gasteiger partial charge in [0.05, 0.1) is 0 Å². The van der Waals surface area contributed by atoms with E-state index in [-0.39, 0.29) is 0 Å². The molecular formula is C22H16. The van der Waals surface area contributed by atoms with Crippen molar-refractivity contribution in [2.75, 3.05) is 0 Å². The number of benzene rings is 2. The van der Waals surface area contributed by atoms with Crippen LogP contribution in [0.4, 0.5) is 0 Å². The van der Waals surface area contributed by atoms with E-state index in [0.717, 1.165) is 25.7 Å². The third-order valence-electron chi connectivity index (χ3n) is 4.38. The van der Waals surface area contributed by atoms with Crippen molar-refractivity contribution >= 4 is 0 Å². The van der Waals surface area contributed by atoms with Crippen molar-refractivity contribution in [2.24, 2.45) is 0 Å². The second-order valence-electron chi connectivity index (χ2n) is 5.86. The zero-order valence-corrected chi connectivity index (χ0v) is 12.4. The fourth-order valence-corrected chi connectivity index (χ4v) is 3.11. The van der Waals surface area contributed by atoms with E-state index in [4.69, 9.17) is 0 Å². The topological polar surface area (TPSA) is 0 Å². The van der Waals surface area contributed by atoms with Crippen LogP contribution in [0.2, 0.25) is 0 Å². The van der Waals surface area contributed by atoms with Crippen LogP contribution >= 0.6 is 0 Å². The standard InChI is InChI=1S/C22H16/c1-2-4-6-22-16-18-8-7-17-9-11-19(21(15-17)5-3-1)13-14-20(22)12-10-18/h1-2,9-12,15-16H,7-8,13-14H2/b2-1-. The zero-order chi connectivity index (χ0) is 14.8. The first-order valence-electron chi connectivity index (χ1n) is 7.80. The van der Waals surface area contributed by atoms with Gasteiger partial charge in [-0.1, -0.05) is 47.9 Å². The molecule has 104 valence electrons. The van der Waals surface area contributed by atoms with Crippen molar-refractivity contribution in [3.63, 3.8) is 0 Å². The van der Waals surface area contributed by atoms with Gasteiger partial charge in [0.15, 0.2) is 0 Å². The lowest BCUT2D eigenvalue weighted by molar-refractivity contribution is 0.915. The second-order valence-corrected chi connectivity index (χ2v) is 5.86. The smallest absolute Gasteiger partial charge is 0.0283 e. The third kappa shape index (κ3) is 2.57. The minimum atomic E-state index is 1.02. The first kappa shape index (κ1) is 13.0. The minimum Gasteiger partial charge on any atom is -0.0689 e. The van der Waals surface area contributed by atoms with Crippen LogP contribution < -0.4 is 0 Å². The average molecular weight is 280 g/mol. The Morgan fingerprint density at radius 2 is 1.09 bits per heavy atom. The Labute approximate surface area is 131 Å². The quantitative estimate of drug-likeness (QED) is 0.643. The highest BCUT2D eigenvalue weighted by molar-refractivity contribution is 5.50. The first-order chi connectivity index (χ1) is 10.9. The largest absolute Gasteiger partial charge is 0.0689 e. The van der Waals surface area contributed by atoms with Gasteiger partial charge in [0.2, 0.25) is 0 Å². The molecule has 5 aliphatic rings. The summed E-state index contributed by atoms with van der Waals surface area (Å²) in [6, 6.07) is 13.6. The van der Waals surface area contributed by atoms with Gasteiger partial charge in [-0.05, 0) is 72.2 Å². The summed E-state index contributed by atoms with van der Waals surface area (Å²) in [5, 5.41) is 0. The van der Waals surface area contributed by atoms with E-state index < -0.39 is 0 Å². The molecule has 0 nitrogen and oxygen atoms in total. The predicted octanol–water partition coefficient (Wildman–Crippen LogP) is 3.84. The lowest BCUT2D eigenvalue weighted by atomic mass is 9.91. The Bertz CT molecular complexity index is 814. The molecule has 0 N–H and O–H groups in total. The molecule has 0 amide bonds. The van der Waals surface area contributed by atoms with E-state index >= 15 is 0 Å². The summed E-state index contributed by atoms with van der Waals surface area (Å²) in [5.41, 5.74) is 7.76. The maximum absolute atomic E-state index is 3.30. The van der Waals surface area contributed by atoms with Crippen molar-refractivity contribution in [1.82, 2.24) is 0 Å². The Hall–Kier alpha value is -2.70. The van der Waals surface area contributed by atoms with Crippen molar-refractivity contribution in [3.05, 3.63) is 81.9 Å². The summed E-state index contributed by atoms with van der Waals surface area (Å²) in [4.78, 5) is 0. The van der Waals surface area contributed by atoms with Gasteiger partial charge in [-0.3, -0.25) is 0 Å². The van der Waals surface area contributed by atoms with Crippen molar-refractivity contribution in [1.29, 1.82) is 0 Å². The minimum absolute atomic E-state index is 1.02. The van der Waals surface area contributed by atoms with Crippen LogP contribution in [-0.2, 0) is 25.7 Å². The van der Waals surface area contributed by atoms with E-state index in [0.29, 0.717) is 0 Å². The SMILES string of the molecule is C1#Cc2cc3ccc2CCc2ccc(cc2C#C/C=C\1)CC3. The van der Waals surface area contributed by atoms with Gasteiger partial charge in [-0.15, -0.1) is 0 Å². The maximum atomic E-state index is 3.30. The maximum Gasteiger partial charge on any atom is 0.0283 e. The number of hydrogen-bond acceptors (Lipinski definition) is 0. The molecule has 22 heavy (non-hydrogen) atoms. The second kappa shape index (κ2) is 5.59. The molecule has 0 atom stereocenters. The lowest BCUT2D eigenvalue weighted by Gasteiger charge is -2.13. The molecule has 2 aromatic rings. The molecule has 2 aromatic carbocycles. The summed E-state index contributed by atoms with van der Waals surface area (Å²) in [5.74, 6) is 12.8. The van der Waals surface area contributed by atoms with Gasteiger partial charge in [-0.25, -0.2) is 0 Å². The highest BCUT2D eigenvalue weighted by atomic mass is 14.1. The summed E-state index contributed by atoms with van der Waals surface area (Å²) < 4.78 is 0. The van der Waals surface area contributed by atoms with E-state index in [9.17, 15) is 0 Å². The predicted molar refractivity (Wildman–Crippen MR) is 90.6 cm³/mol. The van der Waals surface area contributed by atoms with Crippen LogP contribution in [-0.4, -0.2) is 0 Å². The monoisotopic (exact) mass is 280 g/mol. The molecule has 0 aromatic heterocycles. The van der Waals surface area contributed by atoms with Crippen molar-refractivity contribution < 1.29 is 0 Å². The summed E-state index contributed by atoms with van der Waals surface area (Å²) in [7, 11) is 0. The molecule has 0 heteroatoms. The van der Waals surface area contributed by atoms with E-state index in [2.05, 4.69) is 60.1 Å². The van der Waals surface area contributed by atoms with Crippen LogP contribution in [0.25, 0.3) is 0 Å². The Kier molecular flexibility index (Phi) is 3.30. The third-order valence-corrected chi connectivity index (χ3v) is 4.38. The van der Waals surface area contributed by atoms with Gasteiger partial charge < -0.3 is 0 Å². The van der Waals surface area contributed by atoms with Crippen LogP contribution in [0.15, 0.2) is 48.6 Å². The Balaban J connectivity index is 1.97. The molecule has 5 aliphatic carbocycles. The molecule has 0 saturated heterocycles. The highest BCUT2D eigenvalue weighted by Gasteiger charge is 2.09. The van der Waals surface area contributed by atoms with Gasteiger partial charge >= 0.3 is 0 Å². The van der Waals surface area contributed by atoms with E-state index in [1.54, 1.807) is 0 Å². The van der Waals surface area contributed by atoms with Gasteiger partial charge in [0.25, 0.3) is 0 Å². The molecule has 6 bridgehead atoms. The summed E-state index contributed by atoms with van der Waals surface area (Å²) in [6.45, 7) is 0. The van der Waals surface area contributed by atoms with Crippen LogP contribution in [0.5, 0.6) is 0 Å². The van der Waals surface area contributed by atoms with Crippen molar-refractivity contribution in [3.8, 4) is 23.7 Å². The van der Waals surface area contributed by atoms with E-state index in [1.807, 2.05) is 12.2 Å². The Morgan fingerprint density at radius 1 is 0.591 bits per heavy atom. The molecule has 0 aliphatic heterocycles. The molecule has 0 spiro atoms. The van der Waals surface area contributed by atoms with Gasteiger partial charge in [0, 0.05) is 11.1 Å². The summed E-state index contributed by atoms with van der Waals surface area (Å²) in [6.07, 6.45) is 7.83. The fourth-order valence-electron chi connectivity index (χ4n) is 3.11. The van der Waals surface area contributed by atoms with Gasteiger partial charge in [0.1, 0.15) is 0 Å². The highest BCUT2D eigenvalue weighted by Crippen LogP contribution is 2.21. The molecule has 7 rings (SSSR count). The molecule has 0 unspecified atom stereocenters. The number of hydrogen-bond donors (Lipinski definition) is 0. The lowest BCUT2D eigenvalue weighted by Crippen LogP contribution is -2.02. The normalized spacial score (nSPS) is 15.8. The van der Waals surface area contributed by atoms with Crippen LogP contribution in [0, 0.1) is 23.7 Å². The summed E-state index contributed by atoms with van der Waals surface area (Å²) >= 11 is 0. The number of allylic oxidation sites excluding steroid dienone is 2. The molecule has 0 fully saturated rings. The molecule has 0 saturated carbocycles. The van der Waals surface area contributed by atoms with Crippen LogP contribution in [0.1, 0.15) is 33.4 Å². The number of rotatable bonds is 0. The van der Waals surface area contributed by atoms with Crippen molar-refractivity contribution in [2.45, 2.75) is 25.7 Å². The average Bonchev–Trinajstić information content (AvgIpc) is 2.52. The van der Waals surface area contributed by atoms with E-state index in [1.165, 1.54) is 33.4 Å². The number of aryl methyl sites for hydroxylation is 4. The zero-order valence-electron chi connectivity index (χ0n) is 12.4. The van der Waals surface area contributed by atoms with Gasteiger partial charge in [-0.2, -0.15) is 0 Å². The molecule has 0 heterocycles. The fraction of sp³-hybridized carbons (Fsp3) is 0.182. The molecule has 0 radical (unpaired) electrons.